The van der Waals surface area contributed by atoms with E-state index >= 15 is 0 Å². The third kappa shape index (κ3) is 2.36. The van der Waals surface area contributed by atoms with Crippen molar-refractivity contribution in [2.45, 2.75) is 13.8 Å². The van der Waals surface area contributed by atoms with Crippen molar-refractivity contribution in [3.63, 3.8) is 0 Å². The summed E-state index contributed by atoms with van der Waals surface area (Å²) >= 11 is 0. The Balaban J connectivity index is 2.54. The van der Waals surface area contributed by atoms with Gasteiger partial charge in [0.05, 0.1) is 0 Å². The molecular formula is C15H15NO. The van der Waals surface area contributed by atoms with E-state index in [0.29, 0.717) is 5.71 Å². The molecule has 1 N–H and O–H groups in total. The molecule has 0 bridgehead atoms. The van der Waals surface area contributed by atoms with Crippen LogP contribution in [0.15, 0.2) is 53.7 Å². The number of rotatable bonds is 2. The van der Waals surface area contributed by atoms with E-state index in [2.05, 4.69) is 11.2 Å². The van der Waals surface area contributed by atoms with Gasteiger partial charge in [0, 0.05) is 11.1 Å². The van der Waals surface area contributed by atoms with Gasteiger partial charge in [0.15, 0.2) is 0 Å². The van der Waals surface area contributed by atoms with E-state index in [1.54, 1.807) is 0 Å². The average molecular weight is 225 g/mol. The van der Waals surface area contributed by atoms with Gasteiger partial charge < -0.3 is 5.21 Å². The van der Waals surface area contributed by atoms with E-state index in [4.69, 9.17) is 0 Å². The molecular weight excluding hydrogens is 210 g/mol. The fraction of sp³-hybridized carbons (Fsp3) is 0.133. The van der Waals surface area contributed by atoms with Crippen molar-refractivity contribution in [1.82, 2.24) is 0 Å². The maximum atomic E-state index is 9.24. The number of aryl methyl sites for hydroxylation is 2. The standard InChI is InChI=1S/C15H15NO/c1-11-8-9-12(2)14(10-11)15(16-17)13-6-4-3-5-7-13/h3-10,17H,1-2H3/b16-15+. The lowest BCUT2D eigenvalue weighted by Crippen LogP contribution is -2.05. The van der Waals surface area contributed by atoms with Crippen LogP contribution < -0.4 is 0 Å². The summed E-state index contributed by atoms with van der Waals surface area (Å²) in [5.41, 5.74) is 4.77. The van der Waals surface area contributed by atoms with Gasteiger partial charge in [0.2, 0.25) is 0 Å². The molecule has 86 valence electrons. The molecule has 2 aromatic rings. The SMILES string of the molecule is Cc1ccc(C)c(/C(=N/O)c2ccccc2)c1. The molecule has 0 radical (unpaired) electrons. The Morgan fingerprint density at radius 3 is 2.35 bits per heavy atom. The molecule has 0 unspecified atom stereocenters. The third-order valence-corrected chi connectivity index (χ3v) is 2.80. The van der Waals surface area contributed by atoms with Crippen LogP contribution in [-0.2, 0) is 0 Å². The minimum absolute atomic E-state index is 0.617. The predicted octanol–water partition coefficient (Wildman–Crippen LogP) is 3.53. The van der Waals surface area contributed by atoms with Gasteiger partial charge in [-0.2, -0.15) is 0 Å². The normalized spacial score (nSPS) is 11.5. The second-order valence-electron chi connectivity index (χ2n) is 4.13. The second-order valence-corrected chi connectivity index (χ2v) is 4.13. The van der Waals surface area contributed by atoms with Crippen molar-refractivity contribution >= 4 is 5.71 Å². The van der Waals surface area contributed by atoms with Crippen LogP contribution in [0.1, 0.15) is 22.3 Å². The molecule has 2 rings (SSSR count). The molecule has 2 aromatic carbocycles. The zero-order valence-electron chi connectivity index (χ0n) is 10.0. The molecule has 2 heteroatoms. The number of hydrogen-bond donors (Lipinski definition) is 1. The maximum Gasteiger partial charge on any atom is 0.117 e. The summed E-state index contributed by atoms with van der Waals surface area (Å²) in [7, 11) is 0. The molecule has 2 nitrogen and oxygen atoms in total. The van der Waals surface area contributed by atoms with E-state index in [1.165, 1.54) is 0 Å². The number of nitrogens with zero attached hydrogens (tertiary/aromatic N) is 1. The molecule has 0 fully saturated rings. The Kier molecular flexibility index (Phi) is 3.24. The van der Waals surface area contributed by atoms with Crippen molar-refractivity contribution in [3.8, 4) is 0 Å². The van der Waals surface area contributed by atoms with Crippen LogP contribution in [0.4, 0.5) is 0 Å². The smallest absolute Gasteiger partial charge is 0.117 e. The zero-order chi connectivity index (χ0) is 12.3. The van der Waals surface area contributed by atoms with Crippen LogP contribution in [0.3, 0.4) is 0 Å². The van der Waals surface area contributed by atoms with E-state index in [1.807, 2.05) is 56.3 Å². The Hall–Kier alpha value is -2.09. The van der Waals surface area contributed by atoms with Crippen LogP contribution in [0.5, 0.6) is 0 Å². The number of oxime groups is 1. The summed E-state index contributed by atoms with van der Waals surface area (Å²) in [6, 6.07) is 15.8. The first kappa shape index (κ1) is 11.4. The maximum absolute atomic E-state index is 9.24. The van der Waals surface area contributed by atoms with E-state index < -0.39 is 0 Å². The zero-order valence-corrected chi connectivity index (χ0v) is 10.0. The summed E-state index contributed by atoms with van der Waals surface area (Å²) in [6.45, 7) is 4.05. The highest BCUT2D eigenvalue weighted by Crippen LogP contribution is 2.16. The molecule has 0 saturated heterocycles. The van der Waals surface area contributed by atoms with E-state index in [-0.39, 0.29) is 0 Å². The lowest BCUT2D eigenvalue weighted by Gasteiger charge is -2.09. The highest BCUT2D eigenvalue weighted by atomic mass is 16.4. The van der Waals surface area contributed by atoms with E-state index in [9.17, 15) is 5.21 Å². The predicted molar refractivity (Wildman–Crippen MR) is 69.8 cm³/mol. The quantitative estimate of drug-likeness (QED) is 0.473. The van der Waals surface area contributed by atoms with Crippen molar-refractivity contribution < 1.29 is 5.21 Å². The highest BCUT2D eigenvalue weighted by Gasteiger charge is 2.10. The summed E-state index contributed by atoms with van der Waals surface area (Å²) in [5.74, 6) is 0. The highest BCUT2D eigenvalue weighted by molar-refractivity contribution is 6.13. The molecule has 0 spiro atoms. The largest absolute Gasteiger partial charge is 0.410 e. The fourth-order valence-corrected chi connectivity index (χ4v) is 1.85. The summed E-state index contributed by atoms with van der Waals surface area (Å²) < 4.78 is 0. The van der Waals surface area contributed by atoms with Gasteiger partial charge in [-0.25, -0.2) is 0 Å². The molecule has 0 aromatic heterocycles. The van der Waals surface area contributed by atoms with Crippen molar-refractivity contribution in [2.24, 2.45) is 5.16 Å². The third-order valence-electron chi connectivity index (χ3n) is 2.80. The van der Waals surface area contributed by atoms with Crippen LogP contribution in [0, 0.1) is 13.8 Å². The first-order chi connectivity index (χ1) is 8.22. The number of benzene rings is 2. The van der Waals surface area contributed by atoms with Crippen molar-refractivity contribution in [2.75, 3.05) is 0 Å². The number of hydrogen-bond acceptors (Lipinski definition) is 2. The Morgan fingerprint density at radius 1 is 1.00 bits per heavy atom. The molecule has 0 aliphatic carbocycles. The van der Waals surface area contributed by atoms with Gasteiger partial charge in [-0.05, 0) is 25.5 Å². The molecule has 0 saturated carbocycles. The van der Waals surface area contributed by atoms with Crippen LogP contribution in [0.25, 0.3) is 0 Å². The average Bonchev–Trinajstić information content (AvgIpc) is 2.36. The van der Waals surface area contributed by atoms with Gasteiger partial charge >= 0.3 is 0 Å². The monoisotopic (exact) mass is 225 g/mol. The first-order valence-electron chi connectivity index (χ1n) is 5.57. The molecule has 0 amide bonds. The Morgan fingerprint density at radius 2 is 1.71 bits per heavy atom. The summed E-state index contributed by atoms with van der Waals surface area (Å²) in [4.78, 5) is 0. The second kappa shape index (κ2) is 4.83. The molecule has 0 aliphatic rings. The topological polar surface area (TPSA) is 32.6 Å². The summed E-state index contributed by atoms with van der Waals surface area (Å²) in [5, 5.41) is 12.7. The van der Waals surface area contributed by atoms with Crippen molar-refractivity contribution in [1.29, 1.82) is 0 Å². The lowest BCUT2D eigenvalue weighted by atomic mass is 9.97. The molecule has 17 heavy (non-hydrogen) atoms. The van der Waals surface area contributed by atoms with Crippen LogP contribution >= 0.6 is 0 Å². The minimum Gasteiger partial charge on any atom is -0.410 e. The minimum atomic E-state index is 0.617. The van der Waals surface area contributed by atoms with Crippen LogP contribution in [-0.4, -0.2) is 10.9 Å². The van der Waals surface area contributed by atoms with E-state index in [0.717, 1.165) is 22.3 Å². The van der Waals surface area contributed by atoms with Gasteiger partial charge in [-0.15, -0.1) is 0 Å². The van der Waals surface area contributed by atoms with Gasteiger partial charge in [0.25, 0.3) is 0 Å². The molecule has 0 heterocycles. The van der Waals surface area contributed by atoms with Gasteiger partial charge in [0.1, 0.15) is 5.71 Å². The van der Waals surface area contributed by atoms with Gasteiger partial charge in [-0.3, -0.25) is 0 Å². The first-order valence-corrected chi connectivity index (χ1v) is 5.57. The van der Waals surface area contributed by atoms with Gasteiger partial charge in [-0.1, -0.05) is 53.2 Å². The fourth-order valence-electron chi connectivity index (χ4n) is 1.85. The summed E-state index contributed by atoms with van der Waals surface area (Å²) in [6.07, 6.45) is 0. The lowest BCUT2D eigenvalue weighted by molar-refractivity contribution is 0.319. The molecule has 0 aliphatic heterocycles. The van der Waals surface area contributed by atoms with Crippen molar-refractivity contribution in [3.05, 3.63) is 70.8 Å². The Bertz CT molecular complexity index is 544. The Labute approximate surface area is 101 Å². The molecule has 0 atom stereocenters. The van der Waals surface area contributed by atoms with Crippen LogP contribution in [0.2, 0.25) is 0 Å².